The first-order chi connectivity index (χ1) is 11.8. The van der Waals surface area contributed by atoms with E-state index in [-0.39, 0.29) is 17.1 Å². The predicted octanol–water partition coefficient (Wildman–Crippen LogP) is 3.17. The highest BCUT2D eigenvalue weighted by Crippen LogP contribution is 2.38. The average Bonchev–Trinajstić information content (AvgIpc) is 2.96. The molecular formula is C19H21N3O3. The molecule has 1 heterocycles. The van der Waals surface area contributed by atoms with E-state index in [1.165, 1.54) is 4.80 Å². The molecular weight excluding hydrogens is 318 g/mol. The van der Waals surface area contributed by atoms with Gasteiger partial charge in [0.25, 0.3) is 0 Å². The largest absolute Gasteiger partial charge is 0.478 e. The van der Waals surface area contributed by atoms with Crippen molar-refractivity contribution in [3.05, 3.63) is 48.1 Å². The van der Waals surface area contributed by atoms with Crippen LogP contribution in [-0.4, -0.2) is 31.9 Å². The van der Waals surface area contributed by atoms with Crippen LogP contribution in [0.3, 0.4) is 0 Å². The summed E-state index contributed by atoms with van der Waals surface area (Å²) in [5, 5.41) is 17.8. The maximum absolute atomic E-state index is 13.0. The van der Waals surface area contributed by atoms with Crippen LogP contribution in [0.4, 0.5) is 0 Å². The summed E-state index contributed by atoms with van der Waals surface area (Å²) in [7, 11) is 0. The van der Waals surface area contributed by atoms with Crippen LogP contribution in [0, 0.1) is 11.3 Å². The number of benzene rings is 1. The van der Waals surface area contributed by atoms with E-state index in [0.29, 0.717) is 12.0 Å². The number of rotatable bonds is 3. The second kappa shape index (κ2) is 6.27. The van der Waals surface area contributed by atoms with Crippen LogP contribution >= 0.6 is 0 Å². The number of carbonyl (C=O) groups excluding carboxylic acids is 1. The van der Waals surface area contributed by atoms with Crippen molar-refractivity contribution >= 4 is 22.8 Å². The Balaban J connectivity index is 2.02. The molecule has 0 amide bonds. The van der Waals surface area contributed by atoms with E-state index < -0.39 is 12.0 Å². The van der Waals surface area contributed by atoms with Gasteiger partial charge in [0.2, 0.25) is 0 Å². The van der Waals surface area contributed by atoms with E-state index in [1.807, 2.05) is 51.1 Å². The van der Waals surface area contributed by atoms with Gasteiger partial charge >= 0.3 is 5.97 Å². The molecule has 0 fully saturated rings. The molecule has 0 radical (unpaired) electrons. The second-order valence-corrected chi connectivity index (χ2v) is 7.32. The van der Waals surface area contributed by atoms with Gasteiger partial charge in [0.1, 0.15) is 17.1 Å². The Bertz CT molecular complexity index is 854. The Morgan fingerprint density at radius 1 is 1.24 bits per heavy atom. The number of aliphatic carboxylic acids is 1. The highest BCUT2D eigenvalue weighted by Gasteiger charge is 2.37. The van der Waals surface area contributed by atoms with Crippen LogP contribution in [-0.2, 0) is 9.59 Å². The number of carboxylic acid groups (broad SMARTS) is 1. The molecule has 0 saturated carbocycles. The van der Waals surface area contributed by atoms with Crippen molar-refractivity contribution < 1.29 is 14.7 Å². The highest BCUT2D eigenvalue weighted by atomic mass is 16.4. The summed E-state index contributed by atoms with van der Waals surface area (Å²) in [5.41, 5.74) is 1.82. The molecule has 1 aromatic carbocycles. The minimum absolute atomic E-state index is 0.00668. The number of Topliss-reactive ketones (excluding diaryl/α,β-unsaturated/α-hetero) is 1. The third-order valence-corrected chi connectivity index (χ3v) is 4.32. The maximum atomic E-state index is 13.0. The number of carboxylic acids is 1. The van der Waals surface area contributed by atoms with E-state index >= 15 is 0 Å². The number of nitrogens with zero attached hydrogens (tertiary/aromatic N) is 3. The van der Waals surface area contributed by atoms with E-state index in [0.717, 1.165) is 17.1 Å². The van der Waals surface area contributed by atoms with Gasteiger partial charge in [-0.25, -0.2) is 4.79 Å². The van der Waals surface area contributed by atoms with E-state index in [2.05, 4.69) is 10.2 Å². The Kier molecular flexibility index (Phi) is 4.29. The smallest absolute Gasteiger partial charge is 0.327 e. The molecule has 2 atom stereocenters. The molecule has 3 rings (SSSR count). The first-order valence-corrected chi connectivity index (χ1v) is 8.25. The quantitative estimate of drug-likeness (QED) is 0.868. The fraction of sp³-hybridized carbons (Fsp3) is 0.368. The number of carbonyl (C=O) groups is 2. The summed E-state index contributed by atoms with van der Waals surface area (Å²) in [6.45, 7) is 5.93. The molecule has 1 aromatic heterocycles. The summed E-state index contributed by atoms with van der Waals surface area (Å²) in [5.74, 6) is -1.16. The van der Waals surface area contributed by atoms with Crippen LogP contribution in [0.15, 0.2) is 48.1 Å². The summed E-state index contributed by atoms with van der Waals surface area (Å²) in [4.78, 5) is 25.4. The number of fused-ring (bicyclic) bond motifs is 1. The minimum Gasteiger partial charge on any atom is -0.478 e. The fourth-order valence-electron chi connectivity index (χ4n) is 3.08. The number of hydrogen-bond acceptors (Lipinski definition) is 4. The topological polar surface area (TPSA) is 85.1 Å². The number of hydrogen-bond donors (Lipinski definition) is 1. The van der Waals surface area contributed by atoms with Crippen molar-refractivity contribution in [1.29, 1.82) is 0 Å². The molecule has 6 heteroatoms. The summed E-state index contributed by atoms with van der Waals surface area (Å²) in [6, 6.07) is 6.93. The van der Waals surface area contributed by atoms with Gasteiger partial charge in [0.15, 0.2) is 5.78 Å². The number of ketones is 1. The third kappa shape index (κ3) is 3.52. The van der Waals surface area contributed by atoms with Gasteiger partial charge in [-0.1, -0.05) is 45.1 Å². The van der Waals surface area contributed by atoms with Crippen LogP contribution in [0.25, 0.3) is 11.0 Å². The van der Waals surface area contributed by atoms with E-state index in [4.69, 9.17) is 5.11 Å². The summed E-state index contributed by atoms with van der Waals surface area (Å²) >= 11 is 0. The molecule has 2 aromatic rings. The molecule has 25 heavy (non-hydrogen) atoms. The van der Waals surface area contributed by atoms with Gasteiger partial charge in [-0.05, 0) is 35.5 Å². The molecule has 130 valence electrons. The van der Waals surface area contributed by atoms with Gasteiger partial charge in [0.05, 0.1) is 0 Å². The average molecular weight is 339 g/mol. The standard InChI is InChI=1S/C19H21N3O3/c1-19(2,3)13-10-12(8-9-17(23)24)11-16(18(13)25)22-20-14-6-4-5-7-15(14)21-22/h4-10,12,16H,11H2,1-3H3,(H,23,24). The molecule has 0 aliphatic heterocycles. The van der Waals surface area contributed by atoms with Crippen LogP contribution in [0.2, 0.25) is 0 Å². The van der Waals surface area contributed by atoms with Gasteiger partial charge in [-0.15, -0.1) is 0 Å². The molecule has 6 nitrogen and oxygen atoms in total. The van der Waals surface area contributed by atoms with Gasteiger partial charge in [0, 0.05) is 6.08 Å². The Labute approximate surface area is 145 Å². The van der Waals surface area contributed by atoms with Crippen LogP contribution < -0.4 is 0 Å². The van der Waals surface area contributed by atoms with Crippen LogP contribution in [0.1, 0.15) is 33.2 Å². The lowest BCUT2D eigenvalue weighted by atomic mass is 9.75. The van der Waals surface area contributed by atoms with Crippen molar-refractivity contribution in [2.75, 3.05) is 0 Å². The zero-order valence-electron chi connectivity index (χ0n) is 14.5. The van der Waals surface area contributed by atoms with Crippen molar-refractivity contribution in [2.24, 2.45) is 11.3 Å². The van der Waals surface area contributed by atoms with Crippen molar-refractivity contribution in [3.63, 3.8) is 0 Å². The fourth-order valence-corrected chi connectivity index (χ4v) is 3.08. The lowest BCUT2D eigenvalue weighted by molar-refractivity contribution is -0.131. The third-order valence-electron chi connectivity index (χ3n) is 4.32. The monoisotopic (exact) mass is 339 g/mol. The molecule has 0 spiro atoms. The zero-order valence-corrected chi connectivity index (χ0v) is 14.5. The highest BCUT2D eigenvalue weighted by molar-refractivity contribution is 6.00. The first-order valence-electron chi connectivity index (χ1n) is 8.25. The Morgan fingerprint density at radius 2 is 1.84 bits per heavy atom. The Morgan fingerprint density at radius 3 is 2.36 bits per heavy atom. The molecule has 1 aliphatic rings. The summed E-state index contributed by atoms with van der Waals surface area (Å²) < 4.78 is 0. The molecule has 1 aliphatic carbocycles. The normalized spacial score (nSPS) is 21.7. The number of allylic oxidation sites excluding steroid dienone is 3. The molecule has 0 bridgehead atoms. The maximum Gasteiger partial charge on any atom is 0.327 e. The van der Waals surface area contributed by atoms with Crippen LogP contribution in [0.5, 0.6) is 0 Å². The SMILES string of the molecule is CC(C)(C)C1=CC(C=CC(=O)O)CC(n2nc3ccccc3n2)C1=O. The first kappa shape index (κ1) is 17.1. The molecule has 1 N–H and O–H groups in total. The van der Waals surface area contributed by atoms with Gasteiger partial charge in [-0.2, -0.15) is 15.0 Å². The minimum atomic E-state index is -0.998. The van der Waals surface area contributed by atoms with E-state index in [9.17, 15) is 9.59 Å². The lowest BCUT2D eigenvalue weighted by Gasteiger charge is -2.31. The molecule has 0 saturated heterocycles. The zero-order chi connectivity index (χ0) is 18.2. The number of aromatic nitrogens is 3. The van der Waals surface area contributed by atoms with Gasteiger partial charge in [-0.3, -0.25) is 4.79 Å². The molecule has 2 unspecified atom stereocenters. The van der Waals surface area contributed by atoms with Gasteiger partial charge < -0.3 is 5.11 Å². The second-order valence-electron chi connectivity index (χ2n) is 7.32. The van der Waals surface area contributed by atoms with Crippen molar-refractivity contribution in [2.45, 2.75) is 33.2 Å². The van der Waals surface area contributed by atoms with Crippen molar-refractivity contribution in [3.8, 4) is 0 Å². The summed E-state index contributed by atoms with van der Waals surface area (Å²) in [6.07, 6.45) is 5.07. The van der Waals surface area contributed by atoms with E-state index in [1.54, 1.807) is 6.08 Å². The van der Waals surface area contributed by atoms with Crippen molar-refractivity contribution in [1.82, 2.24) is 15.0 Å². The Hall–Kier alpha value is -2.76. The predicted molar refractivity (Wildman–Crippen MR) is 94.0 cm³/mol. The lowest BCUT2D eigenvalue weighted by Crippen LogP contribution is -2.33.